The van der Waals surface area contributed by atoms with Gasteiger partial charge in [-0.05, 0) is 54.4 Å². The first-order chi connectivity index (χ1) is 7.62. The van der Waals surface area contributed by atoms with Crippen LogP contribution >= 0.6 is 0 Å². The smallest absolute Gasteiger partial charge is 0.228 e. The van der Waals surface area contributed by atoms with Crippen LogP contribution < -0.4 is 0 Å². The first kappa shape index (κ1) is 14.9. The molecule has 0 aliphatic heterocycles. The predicted octanol–water partition coefficient (Wildman–Crippen LogP) is 3.75. The van der Waals surface area contributed by atoms with Gasteiger partial charge in [0.1, 0.15) is 0 Å². The summed E-state index contributed by atoms with van der Waals surface area (Å²) in [5.41, 5.74) is -0.693. The first-order valence-electron chi connectivity index (χ1n) is 6.36. The van der Waals surface area contributed by atoms with E-state index >= 15 is 0 Å². The second kappa shape index (κ2) is 5.22. The summed E-state index contributed by atoms with van der Waals surface area (Å²) >= 11 is 0. The molecule has 4 heteroatoms. The minimum atomic E-state index is -0.736. The predicted molar refractivity (Wildman–Crippen MR) is 65.0 cm³/mol. The Morgan fingerprint density at radius 3 is 1.35 bits per heavy atom. The van der Waals surface area contributed by atoms with Gasteiger partial charge in [-0.3, -0.25) is 0 Å². The Morgan fingerprint density at radius 1 is 0.706 bits per heavy atom. The van der Waals surface area contributed by atoms with Crippen LogP contribution in [0.1, 0.15) is 67.2 Å². The van der Waals surface area contributed by atoms with E-state index in [0.717, 1.165) is 25.7 Å². The van der Waals surface area contributed by atoms with Crippen LogP contribution in [-0.4, -0.2) is 17.0 Å². The van der Waals surface area contributed by atoms with Gasteiger partial charge in [0.25, 0.3) is 0 Å². The molecule has 17 heavy (non-hydrogen) atoms. The van der Waals surface area contributed by atoms with Gasteiger partial charge in [-0.1, -0.05) is 0 Å². The Labute approximate surface area is 104 Å². The molecule has 0 spiro atoms. The summed E-state index contributed by atoms with van der Waals surface area (Å²) in [5, 5.41) is 0. The van der Waals surface area contributed by atoms with E-state index in [1.54, 1.807) is 0 Å². The fourth-order valence-electron chi connectivity index (χ4n) is 1.50. The molecule has 4 nitrogen and oxygen atoms in total. The summed E-state index contributed by atoms with van der Waals surface area (Å²) in [6.07, 6.45) is 3.75. The highest BCUT2D eigenvalue weighted by Crippen LogP contribution is 2.36. The monoisotopic (exact) mass is 246 g/mol. The third kappa shape index (κ3) is 5.82. The van der Waals surface area contributed by atoms with Crippen molar-refractivity contribution in [1.82, 2.24) is 0 Å². The Bertz CT molecular complexity index is 211. The van der Waals surface area contributed by atoms with Crippen molar-refractivity contribution in [3.8, 4) is 0 Å². The maximum atomic E-state index is 5.50. The summed E-state index contributed by atoms with van der Waals surface area (Å²) in [7, 11) is 0. The van der Waals surface area contributed by atoms with Gasteiger partial charge in [-0.2, -0.15) is 9.78 Å². The van der Waals surface area contributed by atoms with Crippen LogP contribution in [0.4, 0.5) is 0 Å². The number of hydrogen-bond donors (Lipinski definition) is 0. The van der Waals surface area contributed by atoms with Gasteiger partial charge >= 0.3 is 0 Å². The zero-order valence-electron chi connectivity index (χ0n) is 12.0. The van der Waals surface area contributed by atoms with Crippen molar-refractivity contribution in [3.63, 3.8) is 0 Å². The van der Waals surface area contributed by atoms with Crippen molar-refractivity contribution in [1.29, 1.82) is 0 Å². The first-order valence-corrected chi connectivity index (χ1v) is 6.36. The van der Waals surface area contributed by atoms with Gasteiger partial charge < -0.3 is 0 Å². The van der Waals surface area contributed by atoms with Crippen LogP contribution in [0.2, 0.25) is 0 Å². The standard InChI is InChI=1S/C13H26O4/c1-11(2,3)14-16-13(9-7-8-10-13)17-15-12(4,5)6/h7-10H2,1-6H3. The maximum Gasteiger partial charge on any atom is 0.234 e. The highest BCUT2D eigenvalue weighted by molar-refractivity contribution is 4.75. The fourth-order valence-corrected chi connectivity index (χ4v) is 1.50. The summed E-state index contributed by atoms with van der Waals surface area (Å²) in [6.45, 7) is 11.7. The molecule has 0 amide bonds. The van der Waals surface area contributed by atoms with Crippen LogP contribution in [0, 0.1) is 0 Å². The summed E-state index contributed by atoms with van der Waals surface area (Å²) < 4.78 is 0. The molecule has 0 bridgehead atoms. The van der Waals surface area contributed by atoms with Crippen LogP contribution in [0.15, 0.2) is 0 Å². The number of rotatable bonds is 4. The normalized spacial score (nSPS) is 20.8. The highest BCUT2D eigenvalue weighted by atomic mass is 17.3. The van der Waals surface area contributed by atoms with Gasteiger partial charge in [-0.15, -0.1) is 0 Å². The van der Waals surface area contributed by atoms with E-state index in [2.05, 4.69) is 0 Å². The van der Waals surface area contributed by atoms with E-state index < -0.39 is 5.79 Å². The average molecular weight is 246 g/mol. The highest BCUT2D eigenvalue weighted by Gasteiger charge is 2.41. The van der Waals surface area contributed by atoms with Crippen molar-refractivity contribution >= 4 is 0 Å². The molecule has 0 N–H and O–H groups in total. The molecule has 1 rings (SSSR count). The topological polar surface area (TPSA) is 36.9 Å². The van der Waals surface area contributed by atoms with Gasteiger partial charge in [0.2, 0.25) is 5.79 Å². The van der Waals surface area contributed by atoms with Crippen molar-refractivity contribution in [2.45, 2.75) is 84.2 Å². The molecule has 0 atom stereocenters. The molecule has 0 aromatic heterocycles. The van der Waals surface area contributed by atoms with Crippen LogP contribution in [-0.2, 0) is 19.6 Å². The number of hydrogen-bond acceptors (Lipinski definition) is 4. The van der Waals surface area contributed by atoms with Crippen molar-refractivity contribution in [2.24, 2.45) is 0 Å². The quantitative estimate of drug-likeness (QED) is 0.430. The Morgan fingerprint density at radius 2 is 1.06 bits per heavy atom. The van der Waals surface area contributed by atoms with Gasteiger partial charge in [0.15, 0.2) is 0 Å². The van der Waals surface area contributed by atoms with Crippen molar-refractivity contribution in [3.05, 3.63) is 0 Å². The van der Waals surface area contributed by atoms with E-state index in [4.69, 9.17) is 19.6 Å². The van der Waals surface area contributed by atoms with Crippen LogP contribution in [0.25, 0.3) is 0 Å². The lowest BCUT2D eigenvalue weighted by atomic mass is 10.2. The Hall–Kier alpha value is -0.160. The lowest BCUT2D eigenvalue weighted by Crippen LogP contribution is -2.38. The van der Waals surface area contributed by atoms with Crippen molar-refractivity contribution < 1.29 is 19.6 Å². The van der Waals surface area contributed by atoms with Gasteiger partial charge in [0.05, 0.1) is 11.2 Å². The second-order valence-corrected chi connectivity index (χ2v) is 6.68. The zero-order valence-corrected chi connectivity index (χ0v) is 12.0. The third-order valence-corrected chi connectivity index (χ3v) is 2.25. The minimum absolute atomic E-state index is 0.347. The molecule has 0 radical (unpaired) electrons. The molecule has 0 aromatic carbocycles. The molecule has 0 aromatic rings. The molecular formula is C13H26O4. The zero-order chi connectivity index (χ0) is 13.2. The largest absolute Gasteiger partial charge is 0.234 e. The van der Waals surface area contributed by atoms with Gasteiger partial charge in [-0.25, -0.2) is 9.78 Å². The molecular weight excluding hydrogens is 220 g/mol. The average Bonchev–Trinajstić information content (AvgIpc) is 2.59. The summed E-state index contributed by atoms with van der Waals surface area (Å²) in [5.74, 6) is -0.736. The third-order valence-electron chi connectivity index (χ3n) is 2.25. The Balaban J connectivity index is 2.51. The molecule has 0 saturated heterocycles. The maximum absolute atomic E-state index is 5.50. The van der Waals surface area contributed by atoms with Crippen LogP contribution in [0.3, 0.4) is 0 Å². The van der Waals surface area contributed by atoms with E-state index in [0.29, 0.717) is 0 Å². The van der Waals surface area contributed by atoms with E-state index in [9.17, 15) is 0 Å². The molecule has 0 unspecified atom stereocenters. The molecule has 102 valence electrons. The second-order valence-electron chi connectivity index (χ2n) is 6.68. The molecule has 1 aliphatic carbocycles. The fraction of sp³-hybridized carbons (Fsp3) is 1.00. The summed E-state index contributed by atoms with van der Waals surface area (Å²) in [6, 6.07) is 0. The lowest BCUT2D eigenvalue weighted by Gasteiger charge is -2.32. The molecule has 1 aliphatic rings. The SMILES string of the molecule is CC(C)(C)OOC1(OOC(C)(C)C)CCCC1. The Kier molecular flexibility index (Phi) is 4.58. The van der Waals surface area contributed by atoms with E-state index in [1.165, 1.54) is 0 Å². The van der Waals surface area contributed by atoms with E-state index in [1.807, 2.05) is 41.5 Å². The van der Waals surface area contributed by atoms with Crippen LogP contribution in [0.5, 0.6) is 0 Å². The molecule has 0 heterocycles. The molecule has 1 fully saturated rings. The lowest BCUT2D eigenvalue weighted by molar-refractivity contribution is -0.539. The minimum Gasteiger partial charge on any atom is -0.228 e. The van der Waals surface area contributed by atoms with Crippen molar-refractivity contribution in [2.75, 3.05) is 0 Å². The van der Waals surface area contributed by atoms with Gasteiger partial charge in [0, 0.05) is 12.8 Å². The summed E-state index contributed by atoms with van der Waals surface area (Å²) in [4.78, 5) is 21.8. The molecule has 1 saturated carbocycles. The van der Waals surface area contributed by atoms with E-state index in [-0.39, 0.29) is 11.2 Å².